The summed E-state index contributed by atoms with van der Waals surface area (Å²) in [5, 5.41) is 15.0. The van der Waals surface area contributed by atoms with Crippen molar-refractivity contribution in [2.75, 3.05) is 59.6 Å². The van der Waals surface area contributed by atoms with Gasteiger partial charge in [0.2, 0.25) is 17.7 Å². The SMILES string of the molecule is CNC(=O)[C@@H]1[C@H]2C(=O)N(CCCCCCO)C(C(=O)NCCN3CCOCC3)C23CC[C@@]1(C)S3. The minimum absolute atomic E-state index is 0.0417. The summed E-state index contributed by atoms with van der Waals surface area (Å²) < 4.78 is 4.54. The topological polar surface area (TPSA) is 111 Å². The van der Waals surface area contributed by atoms with Crippen LogP contribution in [-0.4, -0.2) is 108 Å². The predicted molar refractivity (Wildman–Crippen MR) is 130 cm³/mol. The summed E-state index contributed by atoms with van der Waals surface area (Å²) in [5.74, 6) is -1.09. The smallest absolute Gasteiger partial charge is 0.244 e. The first-order chi connectivity index (χ1) is 16.4. The molecule has 0 radical (unpaired) electrons. The van der Waals surface area contributed by atoms with Gasteiger partial charge >= 0.3 is 0 Å². The van der Waals surface area contributed by atoms with Crippen LogP contribution in [0.1, 0.15) is 45.4 Å². The molecule has 5 atom stereocenters. The van der Waals surface area contributed by atoms with Gasteiger partial charge in [-0.1, -0.05) is 12.8 Å². The zero-order chi connectivity index (χ0) is 24.3. The molecule has 4 heterocycles. The Balaban J connectivity index is 1.51. The number of likely N-dealkylation sites (tertiary alicyclic amines) is 1. The summed E-state index contributed by atoms with van der Waals surface area (Å²) in [4.78, 5) is 44.4. The lowest BCUT2D eigenvalue weighted by atomic mass is 9.66. The number of ether oxygens (including phenoxy) is 1. The average Bonchev–Trinajstić information content (AvgIpc) is 3.40. The quantitative estimate of drug-likeness (QED) is 0.351. The van der Waals surface area contributed by atoms with E-state index < -0.39 is 22.6 Å². The van der Waals surface area contributed by atoms with Gasteiger partial charge in [0.1, 0.15) is 6.04 Å². The highest BCUT2D eigenvalue weighted by atomic mass is 32.2. The van der Waals surface area contributed by atoms with Gasteiger partial charge in [-0.3, -0.25) is 19.3 Å². The molecule has 0 saturated carbocycles. The van der Waals surface area contributed by atoms with Gasteiger partial charge in [0.15, 0.2) is 0 Å². The summed E-state index contributed by atoms with van der Waals surface area (Å²) in [7, 11) is 1.63. The van der Waals surface area contributed by atoms with Gasteiger partial charge in [0, 0.05) is 51.1 Å². The zero-order valence-electron chi connectivity index (χ0n) is 20.5. The van der Waals surface area contributed by atoms with Gasteiger partial charge in [-0.05, 0) is 32.6 Å². The molecular weight excluding hydrogens is 456 g/mol. The number of hydrogen-bond donors (Lipinski definition) is 3. The van der Waals surface area contributed by atoms with Crippen LogP contribution in [0.4, 0.5) is 0 Å². The third kappa shape index (κ3) is 4.58. The van der Waals surface area contributed by atoms with E-state index >= 15 is 0 Å². The molecule has 4 rings (SSSR count). The maximum Gasteiger partial charge on any atom is 0.244 e. The first kappa shape index (κ1) is 25.7. The van der Waals surface area contributed by atoms with Crippen LogP contribution < -0.4 is 10.6 Å². The third-order valence-corrected chi connectivity index (χ3v) is 10.2. The van der Waals surface area contributed by atoms with E-state index in [2.05, 4.69) is 22.5 Å². The molecule has 0 aromatic rings. The van der Waals surface area contributed by atoms with Crippen LogP contribution >= 0.6 is 11.8 Å². The molecule has 4 aliphatic heterocycles. The highest BCUT2D eigenvalue weighted by Gasteiger charge is 2.76. The second kappa shape index (κ2) is 10.7. The second-order valence-electron chi connectivity index (χ2n) is 10.3. The summed E-state index contributed by atoms with van der Waals surface area (Å²) in [5.41, 5.74) is 0. The molecule has 9 nitrogen and oxygen atoms in total. The number of aliphatic hydroxyl groups excluding tert-OH is 1. The molecule has 4 saturated heterocycles. The van der Waals surface area contributed by atoms with E-state index in [1.54, 1.807) is 23.7 Å². The fourth-order valence-corrected chi connectivity index (χ4v) is 8.89. The molecule has 2 unspecified atom stereocenters. The number of nitrogens with zero attached hydrogens (tertiary/aromatic N) is 2. The molecule has 3 N–H and O–H groups in total. The van der Waals surface area contributed by atoms with E-state index in [0.717, 1.165) is 71.4 Å². The van der Waals surface area contributed by atoms with Crippen molar-refractivity contribution in [2.45, 2.75) is 61.0 Å². The van der Waals surface area contributed by atoms with E-state index in [0.29, 0.717) is 13.1 Å². The van der Waals surface area contributed by atoms with Crippen molar-refractivity contribution < 1.29 is 24.2 Å². The van der Waals surface area contributed by atoms with Crippen molar-refractivity contribution in [2.24, 2.45) is 11.8 Å². The number of fused-ring (bicyclic) bond motifs is 1. The third-order valence-electron chi connectivity index (χ3n) is 8.19. The Kier molecular flexibility index (Phi) is 8.11. The Labute approximate surface area is 206 Å². The number of rotatable bonds is 11. The van der Waals surface area contributed by atoms with Crippen LogP contribution in [-0.2, 0) is 19.1 Å². The van der Waals surface area contributed by atoms with Crippen LogP contribution in [0.15, 0.2) is 0 Å². The number of nitrogens with one attached hydrogen (secondary N) is 2. The maximum absolute atomic E-state index is 13.8. The predicted octanol–water partition coefficient (Wildman–Crippen LogP) is 0.215. The monoisotopic (exact) mass is 496 g/mol. The lowest BCUT2D eigenvalue weighted by Gasteiger charge is -2.35. The average molecular weight is 497 g/mol. The molecule has 192 valence electrons. The Hall–Kier alpha value is -1.36. The molecule has 1 spiro atoms. The van der Waals surface area contributed by atoms with Crippen molar-refractivity contribution in [1.82, 2.24) is 20.4 Å². The first-order valence-electron chi connectivity index (χ1n) is 12.8. The summed E-state index contributed by atoms with van der Waals surface area (Å²) >= 11 is 1.71. The van der Waals surface area contributed by atoms with Crippen molar-refractivity contribution in [3.63, 3.8) is 0 Å². The van der Waals surface area contributed by atoms with E-state index in [9.17, 15) is 14.4 Å². The number of unbranched alkanes of at least 4 members (excludes halogenated alkanes) is 3. The summed E-state index contributed by atoms with van der Waals surface area (Å²) in [6, 6.07) is -0.547. The van der Waals surface area contributed by atoms with Crippen LogP contribution in [0.5, 0.6) is 0 Å². The minimum atomic E-state index is -0.547. The molecule has 34 heavy (non-hydrogen) atoms. The van der Waals surface area contributed by atoms with Crippen molar-refractivity contribution in [3.8, 4) is 0 Å². The van der Waals surface area contributed by atoms with Gasteiger partial charge < -0.3 is 25.4 Å². The number of carbonyl (C=O) groups excluding carboxylic acids is 3. The maximum atomic E-state index is 13.8. The molecule has 4 fully saturated rings. The van der Waals surface area contributed by atoms with E-state index in [-0.39, 0.29) is 29.1 Å². The highest BCUT2D eigenvalue weighted by molar-refractivity contribution is 8.02. The van der Waals surface area contributed by atoms with Crippen LogP contribution in [0.2, 0.25) is 0 Å². The first-order valence-corrected chi connectivity index (χ1v) is 13.6. The molecule has 3 amide bonds. The Morgan fingerprint density at radius 2 is 1.85 bits per heavy atom. The van der Waals surface area contributed by atoms with Crippen molar-refractivity contribution in [1.29, 1.82) is 0 Å². The summed E-state index contributed by atoms with van der Waals surface area (Å²) in [6.07, 6.45) is 4.95. The van der Waals surface area contributed by atoms with E-state index in [4.69, 9.17) is 9.84 Å². The number of amides is 3. The van der Waals surface area contributed by atoms with Crippen LogP contribution in [0, 0.1) is 11.8 Å². The fourth-order valence-electron chi connectivity index (χ4n) is 6.53. The Morgan fingerprint density at radius 3 is 2.56 bits per heavy atom. The largest absolute Gasteiger partial charge is 0.396 e. The van der Waals surface area contributed by atoms with Gasteiger partial charge in [-0.15, -0.1) is 11.8 Å². The number of aliphatic hydroxyl groups is 1. The molecule has 4 aliphatic rings. The Bertz CT molecular complexity index is 778. The van der Waals surface area contributed by atoms with Gasteiger partial charge in [-0.2, -0.15) is 0 Å². The van der Waals surface area contributed by atoms with Gasteiger partial charge in [0.05, 0.1) is 29.8 Å². The number of morpholine rings is 1. The molecule has 0 aliphatic carbocycles. The normalized spacial score (nSPS) is 35.0. The molecule has 0 aromatic carbocycles. The molecular formula is C24H40N4O5S. The number of carbonyl (C=O) groups is 3. The van der Waals surface area contributed by atoms with Crippen LogP contribution in [0.25, 0.3) is 0 Å². The lowest BCUT2D eigenvalue weighted by molar-refractivity contribution is -0.140. The molecule has 10 heteroatoms. The fraction of sp³-hybridized carbons (Fsp3) is 0.875. The van der Waals surface area contributed by atoms with Gasteiger partial charge in [-0.25, -0.2) is 0 Å². The highest BCUT2D eigenvalue weighted by Crippen LogP contribution is 2.71. The number of thioether (sulfide) groups is 1. The van der Waals surface area contributed by atoms with Crippen molar-refractivity contribution >= 4 is 29.5 Å². The second-order valence-corrected chi connectivity index (χ2v) is 12.2. The Morgan fingerprint density at radius 1 is 1.12 bits per heavy atom. The minimum Gasteiger partial charge on any atom is -0.396 e. The number of hydrogen-bond acceptors (Lipinski definition) is 7. The van der Waals surface area contributed by atoms with E-state index in [1.807, 2.05) is 0 Å². The van der Waals surface area contributed by atoms with E-state index in [1.165, 1.54) is 0 Å². The van der Waals surface area contributed by atoms with Crippen LogP contribution in [0.3, 0.4) is 0 Å². The van der Waals surface area contributed by atoms with Gasteiger partial charge in [0.25, 0.3) is 0 Å². The standard InChI is InChI=1S/C24H40N4O5S/c1-23-7-8-24(34-23)18(17(23)20(30)25-2)22(32)28(10-5-3-4-6-14-29)19(24)21(31)26-9-11-27-12-15-33-16-13-27/h17-19,29H,3-16H2,1-2H3,(H,25,30)(H,26,31)/t17-,18-,19?,23+,24?/m0/s1. The molecule has 2 bridgehead atoms. The zero-order valence-corrected chi connectivity index (χ0v) is 21.3. The molecule has 0 aromatic heterocycles. The lowest BCUT2D eigenvalue weighted by Crippen LogP contribution is -2.54. The van der Waals surface area contributed by atoms with Crippen molar-refractivity contribution in [3.05, 3.63) is 0 Å². The summed E-state index contributed by atoms with van der Waals surface area (Å²) in [6.45, 7) is 7.25.